The van der Waals surface area contributed by atoms with Gasteiger partial charge in [0.25, 0.3) is 0 Å². The largest absolute Gasteiger partial charge is 0.481 e. The maximum Gasteiger partial charge on any atom is 0.335 e. The van der Waals surface area contributed by atoms with Gasteiger partial charge in [0.2, 0.25) is 11.5 Å². The summed E-state index contributed by atoms with van der Waals surface area (Å²) in [5, 5.41) is 9.16. The highest BCUT2D eigenvalue weighted by Crippen LogP contribution is 2.22. The Balaban J connectivity index is 1.76. The van der Waals surface area contributed by atoms with Crippen molar-refractivity contribution < 1.29 is 14.6 Å². The first-order valence-electron chi connectivity index (χ1n) is 11.3. The van der Waals surface area contributed by atoms with Crippen molar-refractivity contribution in [3.63, 3.8) is 0 Å². The predicted octanol–water partition coefficient (Wildman–Crippen LogP) is 3.15. The molecule has 0 amide bonds. The van der Waals surface area contributed by atoms with Crippen molar-refractivity contribution in [2.45, 2.75) is 32.9 Å². The van der Waals surface area contributed by atoms with E-state index in [0.717, 1.165) is 15.7 Å². The molecule has 4 rings (SSSR count). The number of carboxylic acid groups (broad SMARTS) is 1. The third kappa shape index (κ3) is 5.84. The molecular weight excluding hydrogens is 462 g/mol. The standard InChI is InChI=1S/C26H25N5O5/c1-17-6-8-19(9-7-17)16-30-24(29-25(34)31(26(30)35)18(2)15-23(32)33)28-20-10-12-21(13-11-20)36-22-5-3-4-14-27-22/h3-14,18H,15-16H2,1-2H3,(H,32,33)(H,28,29,34)/t18-/m1/s1. The number of aliphatic carboxylic acids is 1. The molecule has 184 valence electrons. The summed E-state index contributed by atoms with van der Waals surface area (Å²) in [5.74, 6) is -0.117. The fourth-order valence-electron chi connectivity index (χ4n) is 3.61. The highest BCUT2D eigenvalue weighted by Gasteiger charge is 2.17. The molecular formula is C26H25N5O5. The van der Waals surface area contributed by atoms with Crippen LogP contribution in [0.1, 0.15) is 30.5 Å². The van der Waals surface area contributed by atoms with Gasteiger partial charge in [-0.1, -0.05) is 35.9 Å². The Morgan fingerprint density at radius 2 is 1.81 bits per heavy atom. The maximum atomic E-state index is 13.4. The molecule has 0 saturated heterocycles. The molecule has 2 N–H and O–H groups in total. The fraction of sp³-hybridized carbons (Fsp3) is 0.192. The second-order valence-electron chi connectivity index (χ2n) is 8.30. The van der Waals surface area contributed by atoms with E-state index >= 15 is 0 Å². The lowest BCUT2D eigenvalue weighted by Crippen LogP contribution is -2.51. The second-order valence-corrected chi connectivity index (χ2v) is 8.30. The summed E-state index contributed by atoms with van der Waals surface area (Å²) >= 11 is 0. The number of ether oxygens (including phenoxy) is 1. The zero-order chi connectivity index (χ0) is 25.7. The van der Waals surface area contributed by atoms with Crippen molar-refractivity contribution in [2.24, 2.45) is 4.99 Å². The van der Waals surface area contributed by atoms with Gasteiger partial charge in [-0.25, -0.2) is 24.1 Å². The number of H-pyrrole nitrogens is 1. The van der Waals surface area contributed by atoms with Gasteiger partial charge in [0, 0.05) is 12.3 Å². The second kappa shape index (κ2) is 10.7. The average Bonchev–Trinajstić information content (AvgIpc) is 2.84. The number of aromatic amines is 1. The van der Waals surface area contributed by atoms with Gasteiger partial charge in [0.05, 0.1) is 24.7 Å². The Hall–Kier alpha value is -4.73. The molecule has 0 bridgehead atoms. The Bertz CT molecular complexity index is 1540. The molecule has 10 heteroatoms. The van der Waals surface area contributed by atoms with Crippen LogP contribution in [-0.4, -0.2) is 30.2 Å². The summed E-state index contributed by atoms with van der Waals surface area (Å²) in [6.45, 7) is 3.60. The molecule has 36 heavy (non-hydrogen) atoms. The van der Waals surface area contributed by atoms with Crippen molar-refractivity contribution in [1.29, 1.82) is 0 Å². The van der Waals surface area contributed by atoms with Crippen LogP contribution in [0, 0.1) is 6.92 Å². The molecule has 0 aliphatic rings. The van der Waals surface area contributed by atoms with Gasteiger partial charge < -0.3 is 9.84 Å². The van der Waals surface area contributed by atoms with E-state index < -0.39 is 23.4 Å². The van der Waals surface area contributed by atoms with Crippen molar-refractivity contribution in [2.75, 3.05) is 0 Å². The zero-order valence-corrected chi connectivity index (χ0v) is 19.8. The van der Waals surface area contributed by atoms with E-state index in [-0.39, 0.29) is 18.6 Å². The number of rotatable bonds is 8. The first-order chi connectivity index (χ1) is 17.3. The number of pyridine rings is 1. The van der Waals surface area contributed by atoms with Gasteiger partial charge >= 0.3 is 17.3 Å². The van der Waals surface area contributed by atoms with Crippen LogP contribution in [0.15, 0.2) is 87.5 Å². The first kappa shape index (κ1) is 24.4. The number of hydrogen-bond donors (Lipinski definition) is 2. The average molecular weight is 488 g/mol. The summed E-state index contributed by atoms with van der Waals surface area (Å²) in [6, 6.07) is 18.9. The molecule has 0 spiro atoms. The van der Waals surface area contributed by atoms with Gasteiger partial charge in [-0.15, -0.1) is 0 Å². The highest BCUT2D eigenvalue weighted by atomic mass is 16.5. The number of carboxylic acids is 1. The number of aromatic nitrogens is 4. The number of nitrogens with zero attached hydrogens (tertiary/aromatic N) is 4. The fourth-order valence-corrected chi connectivity index (χ4v) is 3.61. The third-order valence-electron chi connectivity index (χ3n) is 5.43. The Kier molecular flexibility index (Phi) is 7.24. The van der Waals surface area contributed by atoms with Gasteiger partial charge in [-0.3, -0.25) is 14.3 Å². The van der Waals surface area contributed by atoms with E-state index in [9.17, 15) is 14.4 Å². The topological polar surface area (TPSA) is 132 Å². The molecule has 0 unspecified atom stereocenters. The van der Waals surface area contributed by atoms with Gasteiger partial charge in [0.15, 0.2) is 0 Å². The molecule has 0 radical (unpaired) electrons. The molecule has 2 aromatic heterocycles. The van der Waals surface area contributed by atoms with Crippen LogP contribution in [0.5, 0.6) is 11.6 Å². The summed E-state index contributed by atoms with van der Waals surface area (Å²) in [6.07, 6.45) is 1.25. The lowest BCUT2D eigenvalue weighted by Gasteiger charge is -2.15. The Morgan fingerprint density at radius 1 is 1.08 bits per heavy atom. The van der Waals surface area contributed by atoms with Crippen molar-refractivity contribution >= 4 is 11.7 Å². The first-order valence-corrected chi connectivity index (χ1v) is 11.3. The molecule has 1 atom stereocenters. The van der Waals surface area contributed by atoms with Gasteiger partial charge in [0.1, 0.15) is 5.75 Å². The maximum absolute atomic E-state index is 13.4. The molecule has 0 aliphatic carbocycles. The smallest absolute Gasteiger partial charge is 0.335 e. The van der Waals surface area contributed by atoms with E-state index in [1.165, 1.54) is 11.5 Å². The minimum absolute atomic E-state index is 0.0442. The number of nitrogens with one attached hydrogen (secondary N) is 1. The molecule has 0 aliphatic heterocycles. The summed E-state index contributed by atoms with van der Waals surface area (Å²) < 4.78 is 7.92. The van der Waals surface area contributed by atoms with Crippen LogP contribution in [0.25, 0.3) is 0 Å². The molecule has 2 aromatic carbocycles. The highest BCUT2D eigenvalue weighted by molar-refractivity contribution is 5.67. The van der Waals surface area contributed by atoms with Gasteiger partial charge in [-0.2, -0.15) is 0 Å². The molecule has 0 fully saturated rings. The molecule has 0 saturated carbocycles. The summed E-state index contributed by atoms with van der Waals surface area (Å²) in [7, 11) is 0. The van der Waals surface area contributed by atoms with Crippen LogP contribution in [0.3, 0.4) is 0 Å². The number of carbonyl (C=O) groups is 1. The molecule has 10 nitrogen and oxygen atoms in total. The number of benzene rings is 2. The van der Waals surface area contributed by atoms with E-state index in [1.807, 2.05) is 37.3 Å². The normalized spacial score (nSPS) is 12.3. The minimum Gasteiger partial charge on any atom is -0.481 e. The lowest BCUT2D eigenvalue weighted by atomic mass is 10.1. The van der Waals surface area contributed by atoms with Crippen molar-refractivity contribution in [3.05, 3.63) is 111 Å². The number of aryl methyl sites for hydroxylation is 1. The number of hydrogen-bond acceptors (Lipinski definition) is 6. The zero-order valence-electron chi connectivity index (χ0n) is 19.8. The summed E-state index contributed by atoms with van der Waals surface area (Å²) in [4.78, 5) is 48.6. The SMILES string of the molecule is Cc1ccc(Cn2c(=O)n([C@H](C)CC(=O)O)c(=O)[nH]/c2=N\c2ccc(Oc3ccccn3)cc2)cc1. The Morgan fingerprint density at radius 3 is 2.44 bits per heavy atom. The van der Waals surface area contributed by atoms with Crippen LogP contribution >= 0.6 is 0 Å². The van der Waals surface area contributed by atoms with Crippen LogP contribution in [0.2, 0.25) is 0 Å². The van der Waals surface area contributed by atoms with E-state index in [4.69, 9.17) is 9.84 Å². The quantitative estimate of drug-likeness (QED) is 0.392. The van der Waals surface area contributed by atoms with E-state index in [0.29, 0.717) is 17.3 Å². The van der Waals surface area contributed by atoms with Crippen molar-refractivity contribution in [3.8, 4) is 11.6 Å². The van der Waals surface area contributed by atoms with Gasteiger partial charge in [-0.05, 0) is 49.7 Å². The summed E-state index contributed by atoms with van der Waals surface area (Å²) in [5.41, 5.74) is 1.03. The minimum atomic E-state index is -1.11. The third-order valence-corrected chi connectivity index (χ3v) is 5.43. The van der Waals surface area contributed by atoms with E-state index in [1.54, 1.807) is 42.6 Å². The lowest BCUT2D eigenvalue weighted by molar-refractivity contribution is -0.137. The van der Waals surface area contributed by atoms with Crippen molar-refractivity contribution in [1.82, 2.24) is 19.1 Å². The Labute approximate surface area is 205 Å². The van der Waals surface area contributed by atoms with Crippen LogP contribution in [-0.2, 0) is 11.3 Å². The monoisotopic (exact) mass is 487 g/mol. The molecule has 2 heterocycles. The molecule has 4 aromatic rings. The van der Waals surface area contributed by atoms with Crippen LogP contribution < -0.4 is 21.7 Å². The van der Waals surface area contributed by atoms with E-state index in [2.05, 4.69) is 15.0 Å². The van der Waals surface area contributed by atoms with Crippen LogP contribution in [0.4, 0.5) is 5.69 Å². The predicted molar refractivity (Wildman–Crippen MR) is 133 cm³/mol.